The Balaban J connectivity index is 1.93. The van der Waals surface area contributed by atoms with Gasteiger partial charge in [0.15, 0.2) is 0 Å². The third-order valence-electron chi connectivity index (χ3n) is 2.68. The molecule has 0 fully saturated rings. The number of aromatic nitrogens is 1. The standard InChI is InChI=1S/C15H18N2O2S/c1-10(2)19-13-6-4-12(5-7-13)17-15(18)8-14-11(3)16-9-20-14/h4-7,9-10H,8H2,1-3H3,(H,17,18). The van der Waals surface area contributed by atoms with Crippen LogP contribution in [-0.2, 0) is 11.2 Å². The van der Waals surface area contributed by atoms with Gasteiger partial charge in [-0.05, 0) is 45.0 Å². The number of rotatable bonds is 5. The predicted octanol–water partition coefficient (Wildman–Crippen LogP) is 3.42. The molecule has 0 radical (unpaired) electrons. The molecule has 5 heteroatoms. The van der Waals surface area contributed by atoms with Gasteiger partial charge in [0.1, 0.15) is 5.75 Å². The van der Waals surface area contributed by atoms with E-state index >= 15 is 0 Å². The fourth-order valence-corrected chi connectivity index (χ4v) is 2.51. The van der Waals surface area contributed by atoms with Crippen molar-refractivity contribution in [2.75, 3.05) is 5.32 Å². The molecule has 0 aliphatic carbocycles. The Bertz CT molecular complexity index is 576. The van der Waals surface area contributed by atoms with Gasteiger partial charge in [0.2, 0.25) is 5.91 Å². The number of anilines is 1. The zero-order chi connectivity index (χ0) is 14.5. The molecule has 2 aromatic rings. The van der Waals surface area contributed by atoms with Crippen LogP contribution in [0.15, 0.2) is 29.8 Å². The lowest BCUT2D eigenvalue weighted by molar-refractivity contribution is -0.115. The van der Waals surface area contributed by atoms with E-state index in [1.165, 1.54) is 11.3 Å². The summed E-state index contributed by atoms with van der Waals surface area (Å²) in [5, 5.41) is 2.87. The molecule has 0 saturated heterocycles. The smallest absolute Gasteiger partial charge is 0.229 e. The highest BCUT2D eigenvalue weighted by atomic mass is 32.1. The van der Waals surface area contributed by atoms with Crippen molar-refractivity contribution in [3.8, 4) is 5.75 Å². The monoisotopic (exact) mass is 290 g/mol. The van der Waals surface area contributed by atoms with Crippen LogP contribution >= 0.6 is 11.3 Å². The largest absolute Gasteiger partial charge is 0.491 e. The zero-order valence-corrected chi connectivity index (χ0v) is 12.7. The normalized spacial score (nSPS) is 10.6. The second-order valence-electron chi connectivity index (χ2n) is 4.78. The summed E-state index contributed by atoms with van der Waals surface area (Å²) in [5.74, 6) is 0.770. The minimum atomic E-state index is -0.0325. The minimum Gasteiger partial charge on any atom is -0.491 e. The van der Waals surface area contributed by atoms with Crippen molar-refractivity contribution in [2.45, 2.75) is 33.3 Å². The number of carbonyl (C=O) groups excluding carboxylic acids is 1. The quantitative estimate of drug-likeness (QED) is 0.918. The number of carbonyl (C=O) groups is 1. The Labute approximate surface area is 122 Å². The van der Waals surface area contributed by atoms with Crippen LogP contribution in [0.1, 0.15) is 24.4 Å². The Hall–Kier alpha value is -1.88. The summed E-state index contributed by atoms with van der Waals surface area (Å²) < 4.78 is 5.56. The van der Waals surface area contributed by atoms with Gasteiger partial charge < -0.3 is 10.1 Å². The predicted molar refractivity (Wildman–Crippen MR) is 81.4 cm³/mol. The molecule has 0 unspecified atom stereocenters. The maximum Gasteiger partial charge on any atom is 0.229 e. The van der Waals surface area contributed by atoms with Crippen LogP contribution in [0.5, 0.6) is 5.75 Å². The lowest BCUT2D eigenvalue weighted by Gasteiger charge is -2.10. The highest BCUT2D eigenvalue weighted by molar-refractivity contribution is 7.09. The number of hydrogen-bond donors (Lipinski definition) is 1. The molecule has 1 amide bonds. The molecule has 20 heavy (non-hydrogen) atoms. The van der Waals surface area contributed by atoms with Crippen LogP contribution in [0.25, 0.3) is 0 Å². The van der Waals surface area contributed by atoms with Crippen LogP contribution in [0.3, 0.4) is 0 Å². The van der Waals surface area contributed by atoms with Gasteiger partial charge in [-0.3, -0.25) is 4.79 Å². The summed E-state index contributed by atoms with van der Waals surface area (Å²) in [4.78, 5) is 17.1. The number of thiazole rings is 1. The number of aryl methyl sites for hydroxylation is 1. The SMILES string of the molecule is Cc1ncsc1CC(=O)Nc1ccc(OC(C)C)cc1. The van der Waals surface area contributed by atoms with Gasteiger partial charge in [-0.1, -0.05) is 0 Å². The van der Waals surface area contributed by atoms with Gasteiger partial charge in [-0.25, -0.2) is 4.98 Å². The van der Waals surface area contributed by atoms with Gasteiger partial charge in [0.05, 0.1) is 23.7 Å². The van der Waals surface area contributed by atoms with E-state index in [0.29, 0.717) is 6.42 Å². The molecular weight excluding hydrogens is 272 g/mol. The van der Waals surface area contributed by atoms with Crippen molar-refractivity contribution in [1.29, 1.82) is 0 Å². The molecule has 0 aliphatic heterocycles. The van der Waals surface area contributed by atoms with Crippen molar-refractivity contribution >= 4 is 22.9 Å². The molecule has 0 bridgehead atoms. The van der Waals surface area contributed by atoms with Crippen molar-refractivity contribution in [1.82, 2.24) is 4.98 Å². The van der Waals surface area contributed by atoms with E-state index in [-0.39, 0.29) is 12.0 Å². The Morgan fingerprint density at radius 3 is 2.60 bits per heavy atom. The van der Waals surface area contributed by atoms with Crippen LogP contribution in [-0.4, -0.2) is 17.0 Å². The van der Waals surface area contributed by atoms with Gasteiger partial charge in [0, 0.05) is 10.6 Å². The molecule has 0 aliphatic rings. The first kappa shape index (κ1) is 14.5. The highest BCUT2D eigenvalue weighted by Crippen LogP contribution is 2.18. The fourth-order valence-electron chi connectivity index (χ4n) is 1.74. The first-order valence-corrected chi connectivity index (χ1v) is 7.38. The molecule has 1 N–H and O–H groups in total. The van der Waals surface area contributed by atoms with E-state index in [1.807, 2.05) is 45.0 Å². The number of benzene rings is 1. The van der Waals surface area contributed by atoms with Crippen molar-refractivity contribution in [3.63, 3.8) is 0 Å². The van der Waals surface area contributed by atoms with Gasteiger partial charge in [0.25, 0.3) is 0 Å². The molecule has 4 nitrogen and oxygen atoms in total. The van der Waals surface area contributed by atoms with E-state index in [0.717, 1.165) is 22.0 Å². The van der Waals surface area contributed by atoms with E-state index in [9.17, 15) is 4.79 Å². The third-order valence-corrected chi connectivity index (χ3v) is 3.61. The van der Waals surface area contributed by atoms with Gasteiger partial charge in [-0.15, -0.1) is 11.3 Å². The number of ether oxygens (including phenoxy) is 1. The van der Waals surface area contributed by atoms with E-state index < -0.39 is 0 Å². The summed E-state index contributed by atoms with van der Waals surface area (Å²) >= 11 is 1.51. The first-order valence-electron chi connectivity index (χ1n) is 6.50. The van der Waals surface area contributed by atoms with Crippen molar-refractivity contribution in [2.24, 2.45) is 0 Å². The summed E-state index contributed by atoms with van der Waals surface area (Å²) in [6.07, 6.45) is 0.505. The van der Waals surface area contributed by atoms with Crippen molar-refractivity contribution in [3.05, 3.63) is 40.3 Å². The molecule has 1 heterocycles. The fraction of sp³-hybridized carbons (Fsp3) is 0.333. The minimum absolute atomic E-state index is 0.0325. The molecular formula is C15H18N2O2S. The second kappa shape index (κ2) is 6.52. The van der Waals surface area contributed by atoms with Crippen LogP contribution in [0, 0.1) is 6.92 Å². The molecule has 2 rings (SSSR count). The average molecular weight is 290 g/mol. The van der Waals surface area contributed by atoms with E-state index in [2.05, 4.69) is 10.3 Å². The van der Waals surface area contributed by atoms with Crippen LogP contribution < -0.4 is 10.1 Å². The summed E-state index contributed by atoms with van der Waals surface area (Å²) in [6.45, 7) is 5.87. The third kappa shape index (κ3) is 4.06. The Morgan fingerprint density at radius 2 is 2.05 bits per heavy atom. The lowest BCUT2D eigenvalue weighted by atomic mass is 10.2. The van der Waals surface area contributed by atoms with E-state index in [1.54, 1.807) is 5.51 Å². The topological polar surface area (TPSA) is 51.2 Å². The molecule has 0 saturated carbocycles. The van der Waals surface area contributed by atoms with Crippen LogP contribution in [0.2, 0.25) is 0 Å². The zero-order valence-electron chi connectivity index (χ0n) is 11.8. The van der Waals surface area contributed by atoms with Crippen LogP contribution in [0.4, 0.5) is 5.69 Å². The van der Waals surface area contributed by atoms with Crippen molar-refractivity contribution < 1.29 is 9.53 Å². The van der Waals surface area contributed by atoms with Gasteiger partial charge >= 0.3 is 0 Å². The summed E-state index contributed by atoms with van der Waals surface area (Å²) in [6, 6.07) is 7.39. The Morgan fingerprint density at radius 1 is 1.35 bits per heavy atom. The lowest BCUT2D eigenvalue weighted by Crippen LogP contribution is -2.14. The average Bonchev–Trinajstić information content (AvgIpc) is 2.77. The first-order chi connectivity index (χ1) is 9.54. The number of hydrogen-bond acceptors (Lipinski definition) is 4. The highest BCUT2D eigenvalue weighted by Gasteiger charge is 2.08. The van der Waals surface area contributed by atoms with E-state index in [4.69, 9.17) is 4.74 Å². The Kier molecular flexibility index (Phi) is 4.74. The summed E-state index contributed by atoms with van der Waals surface area (Å²) in [5.41, 5.74) is 3.45. The maximum atomic E-state index is 11.9. The molecule has 0 atom stereocenters. The van der Waals surface area contributed by atoms with Gasteiger partial charge in [-0.2, -0.15) is 0 Å². The molecule has 106 valence electrons. The maximum absolute atomic E-state index is 11.9. The number of nitrogens with zero attached hydrogens (tertiary/aromatic N) is 1. The molecule has 1 aromatic carbocycles. The number of nitrogens with one attached hydrogen (secondary N) is 1. The number of amides is 1. The second-order valence-corrected chi connectivity index (χ2v) is 5.72. The molecule has 1 aromatic heterocycles. The molecule has 0 spiro atoms. The summed E-state index contributed by atoms with van der Waals surface area (Å²) in [7, 11) is 0.